The van der Waals surface area contributed by atoms with Crippen molar-refractivity contribution in [2.24, 2.45) is 13.0 Å². The molecule has 1 aromatic rings. The summed E-state index contributed by atoms with van der Waals surface area (Å²) in [6, 6.07) is 0. The van der Waals surface area contributed by atoms with Gasteiger partial charge >= 0.3 is 0 Å². The maximum absolute atomic E-state index is 5.80. The minimum absolute atomic E-state index is 0.304. The van der Waals surface area contributed by atoms with Gasteiger partial charge in [0.15, 0.2) is 0 Å². The first-order valence-corrected chi connectivity index (χ1v) is 5.61. The molecule has 0 aliphatic heterocycles. The fraction of sp³-hybridized carbons (Fsp3) is 0.727. The molecular formula is C11H19N3O. The molecule has 84 valence electrons. The van der Waals surface area contributed by atoms with Gasteiger partial charge in [0.05, 0.1) is 6.20 Å². The van der Waals surface area contributed by atoms with Crippen LogP contribution in [0.1, 0.15) is 32.6 Å². The van der Waals surface area contributed by atoms with Crippen molar-refractivity contribution in [1.29, 1.82) is 0 Å². The zero-order valence-electron chi connectivity index (χ0n) is 9.44. The molecule has 4 heteroatoms. The van der Waals surface area contributed by atoms with Gasteiger partial charge in [-0.1, -0.05) is 6.92 Å². The standard InChI is InChI=1S/C11H19N3O/c1-8-3-5-9(6-4-8)15-11-10(12)7-14(2)13-11/h7-9H,3-6,12H2,1-2H3. The molecule has 1 aromatic heterocycles. The normalized spacial score (nSPS) is 26.5. The molecule has 0 radical (unpaired) electrons. The summed E-state index contributed by atoms with van der Waals surface area (Å²) in [5.41, 5.74) is 6.41. The molecule has 2 N–H and O–H groups in total. The Labute approximate surface area is 90.4 Å². The fourth-order valence-corrected chi connectivity index (χ4v) is 2.08. The molecule has 0 aromatic carbocycles. The predicted octanol–water partition coefficient (Wildman–Crippen LogP) is 1.96. The summed E-state index contributed by atoms with van der Waals surface area (Å²) in [6.45, 7) is 2.30. The summed E-state index contributed by atoms with van der Waals surface area (Å²) in [5.74, 6) is 1.43. The molecule has 0 spiro atoms. The van der Waals surface area contributed by atoms with E-state index >= 15 is 0 Å². The fourth-order valence-electron chi connectivity index (χ4n) is 2.08. The van der Waals surface area contributed by atoms with Gasteiger partial charge in [0.25, 0.3) is 5.88 Å². The molecular weight excluding hydrogens is 190 g/mol. The number of hydrogen-bond donors (Lipinski definition) is 1. The summed E-state index contributed by atoms with van der Waals surface area (Å²) in [6.07, 6.45) is 6.82. The smallest absolute Gasteiger partial charge is 0.256 e. The second kappa shape index (κ2) is 4.13. The highest BCUT2D eigenvalue weighted by molar-refractivity contribution is 5.45. The van der Waals surface area contributed by atoms with E-state index in [4.69, 9.17) is 10.5 Å². The Morgan fingerprint density at radius 1 is 1.40 bits per heavy atom. The highest BCUT2D eigenvalue weighted by atomic mass is 16.5. The van der Waals surface area contributed by atoms with Crippen molar-refractivity contribution in [3.63, 3.8) is 0 Å². The largest absolute Gasteiger partial charge is 0.472 e. The first-order chi connectivity index (χ1) is 7.15. The Balaban J connectivity index is 1.94. The van der Waals surface area contributed by atoms with Crippen molar-refractivity contribution in [2.75, 3.05) is 5.73 Å². The number of rotatable bonds is 2. The molecule has 1 aliphatic rings. The molecule has 0 amide bonds. The van der Waals surface area contributed by atoms with E-state index in [0.717, 1.165) is 18.8 Å². The number of nitrogens with two attached hydrogens (primary N) is 1. The predicted molar refractivity (Wildman–Crippen MR) is 59.7 cm³/mol. The van der Waals surface area contributed by atoms with Crippen molar-refractivity contribution in [3.05, 3.63) is 6.20 Å². The maximum atomic E-state index is 5.80. The molecule has 1 fully saturated rings. The molecule has 0 atom stereocenters. The van der Waals surface area contributed by atoms with E-state index < -0.39 is 0 Å². The number of hydrogen-bond acceptors (Lipinski definition) is 3. The monoisotopic (exact) mass is 209 g/mol. The summed E-state index contributed by atoms with van der Waals surface area (Å²) in [7, 11) is 1.85. The number of aromatic nitrogens is 2. The van der Waals surface area contributed by atoms with E-state index in [0.29, 0.717) is 17.7 Å². The number of aryl methyl sites for hydroxylation is 1. The molecule has 15 heavy (non-hydrogen) atoms. The van der Waals surface area contributed by atoms with E-state index in [1.807, 2.05) is 7.05 Å². The Morgan fingerprint density at radius 2 is 2.07 bits per heavy atom. The summed E-state index contributed by atoms with van der Waals surface area (Å²) < 4.78 is 7.49. The first kappa shape index (κ1) is 10.3. The Hall–Kier alpha value is -1.19. The van der Waals surface area contributed by atoms with Gasteiger partial charge in [0, 0.05) is 7.05 Å². The van der Waals surface area contributed by atoms with Crippen molar-refractivity contribution >= 4 is 5.69 Å². The zero-order chi connectivity index (χ0) is 10.8. The highest BCUT2D eigenvalue weighted by Gasteiger charge is 2.21. The third-order valence-electron chi connectivity index (χ3n) is 3.06. The molecule has 0 unspecified atom stereocenters. The van der Waals surface area contributed by atoms with Crippen LogP contribution in [0.25, 0.3) is 0 Å². The Morgan fingerprint density at radius 3 is 2.60 bits per heavy atom. The van der Waals surface area contributed by atoms with Gasteiger partial charge in [-0.3, -0.25) is 4.68 Å². The Kier molecular flexibility index (Phi) is 2.84. The van der Waals surface area contributed by atoms with Gasteiger partial charge < -0.3 is 10.5 Å². The molecule has 4 nitrogen and oxygen atoms in total. The van der Waals surface area contributed by atoms with E-state index in [1.54, 1.807) is 10.9 Å². The third kappa shape index (κ3) is 2.43. The summed E-state index contributed by atoms with van der Waals surface area (Å²) in [4.78, 5) is 0. The SMILES string of the molecule is CC1CCC(Oc2nn(C)cc2N)CC1. The van der Waals surface area contributed by atoms with Crippen LogP contribution in [0.3, 0.4) is 0 Å². The lowest BCUT2D eigenvalue weighted by molar-refractivity contribution is 0.130. The van der Waals surface area contributed by atoms with Gasteiger partial charge in [0.1, 0.15) is 11.8 Å². The maximum Gasteiger partial charge on any atom is 0.256 e. The van der Waals surface area contributed by atoms with Crippen LogP contribution in [0.15, 0.2) is 6.20 Å². The quantitative estimate of drug-likeness (QED) is 0.810. The van der Waals surface area contributed by atoms with Crippen LogP contribution in [0.5, 0.6) is 5.88 Å². The number of nitrogens with zero attached hydrogens (tertiary/aromatic N) is 2. The second-order valence-electron chi connectivity index (χ2n) is 4.56. The summed E-state index contributed by atoms with van der Waals surface area (Å²) in [5, 5.41) is 4.19. The van der Waals surface area contributed by atoms with Crippen LogP contribution < -0.4 is 10.5 Å². The van der Waals surface area contributed by atoms with Crippen molar-refractivity contribution < 1.29 is 4.74 Å². The third-order valence-corrected chi connectivity index (χ3v) is 3.06. The van der Waals surface area contributed by atoms with Crippen LogP contribution in [0.4, 0.5) is 5.69 Å². The van der Waals surface area contributed by atoms with Gasteiger partial charge in [-0.15, -0.1) is 5.10 Å². The lowest BCUT2D eigenvalue weighted by Gasteiger charge is -2.26. The molecule has 2 rings (SSSR count). The topological polar surface area (TPSA) is 53.1 Å². The van der Waals surface area contributed by atoms with E-state index in [-0.39, 0.29) is 0 Å². The zero-order valence-corrected chi connectivity index (χ0v) is 9.44. The van der Waals surface area contributed by atoms with E-state index in [2.05, 4.69) is 12.0 Å². The molecule has 0 bridgehead atoms. The number of nitrogen functional groups attached to an aromatic ring is 1. The first-order valence-electron chi connectivity index (χ1n) is 5.61. The van der Waals surface area contributed by atoms with Crippen LogP contribution >= 0.6 is 0 Å². The second-order valence-corrected chi connectivity index (χ2v) is 4.56. The van der Waals surface area contributed by atoms with Crippen LogP contribution in [0, 0.1) is 5.92 Å². The number of anilines is 1. The molecule has 1 saturated carbocycles. The van der Waals surface area contributed by atoms with Crippen LogP contribution in [0.2, 0.25) is 0 Å². The number of ether oxygens (including phenoxy) is 1. The van der Waals surface area contributed by atoms with Crippen molar-refractivity contribution in [2.45, 2.75) is 38.7 Å². The van der Waals surface area contributed by atoms with Gasteiger partial charge in [-0.2, -0.15) is 0 Å². The van der Waals surface area contributed by atoms with Crippen LogP contribution in [-0.2, 0) is 7.05 Å². The highest BCUT2D eigenvalue weighted by Crippen LogP contribution is 2.28. The van der Waals surface area contributed by atoms with E-state index in [9.17, 15) is 0 Å². The minimum Gasteiger partial charge on any atom is -0.472 e. The molecule has 1 aliphatic carbocycles. The van der Waals surface area contributed by atoms with Crippen molar-refractivity contribution in [3.8, 4) is 5.88 Å². The average molecular weight is 209 g/mol. The minimum atomic E-state index is 0.304. The van der Waals surface area contributed by atoms with Gasteiger partial charge in [-0.25, -0.2) is 0 Å². The van der Waals surface area contributed by atoms with Crippen LogP contribution in [-0.4, -0.2) is 15.9 Å². The summed E-state index contributed by atoms with van der Waals surface area (Å²) >= 11 is 0. The average Bonchev–Trinajstić information content (AvgIpc) is 2.49. The van der Waals surface area contributed by atoms with Gasteiger partial charge in [0.2, 0.25) is 0 Å². The lowest BCUT2D eigenvalue weighted by atomic mass is 9.89. The molecule has 1 heterocycles. The molecule has 0 saturated heterocycles. The Bertz CT molecular complexity index is 327. The van der Waals surface area contributed by atoms with E-state index in [1.165, 1.54) is 12.8 Å². The van der Waals surface area contributed by atoms with Gasteiger partial charge in [-0.05, 0) is 31.6 Å². The lowest BCUT2D eigenvalue weighted by Crippen LogP contribution is -2.23. The van der Waals surface area contributed by atoms with Crippen molar-refractivity contribution in [1.82, 2.24) is 9.78 Å².